The molecule has 0 bridgehead atoms. The zero-order valence-electron chi connectivity index (χ0n) is 18.0. The number of anilines is 2. The van der Waals surface area contributed by atoms with Crippen LogP contribution in [0.2, 0.25) is 0 Å². The Morgan fingerprint density at radius 2 is 1.93 bits per heavy atom. The van der Waals surface area contributed by atoms with Crippen LogP contribution in [0, 0.1) is 0 Å². The van der Waals surface area contributed by atoms with Crippen LogP contribution in [0.4, 0.5) is 11.5 Å². The molecule has 1 aliphatic rings. The molecular formula is C22H32N4O2S. The molecule has 0 amide bonds. The first-order valence-electron chi connectivity index (χ1n) is 9.99. The number of rotatable bonds is 5. The number of ether oxygens (including phenoxy) is 1. The number of nitrogens with zero attached hydrogens (tertiary/aromatic N) is 3. The van der Waals surface area contributed by atoms with Crippen molar-refractivity contribution in [3.8, 4) is 11.4 Å². The monoisotopic (exact) mass is 416 g/mol. The molecule has 1 aliphatic heterocycles. The minimum absolute atomic E-state index is 0.0711. The molecule has 1 saturated heterocycles. The third-order valence-corrected chi connectivity index (χ3v) is 9.25. The molecule has 2 heterocycles. The maximum atomic E-state index is 13.5. The zero-order chi connectivity index (χ0) is 21.4. The molecule has 0 aliphatic carbocycles. The highest BCUT2D eigenvalue weighted by molar-refractivity contribution is 8.01. The average molecular weight is 417 g/mol. The number of hydrogen-bond acceptors (Lipinski definition) is 6. The van der Waals surface area contributed by atoms with Crippen LogP contribution in [-0.4, -0.2) is 51.1 Å². The van der Waals surface area contributed by atoms with E-state index in [2.05, 4.69) is 17.7 Å². The van der Waals surface area contributed by atoms with Gasteiger partial charge in [-0.3, -0.25) is 4.21 Å². The van der Waals surface area contributed by atoms with Crippen LogP contribution in [0.1, 0.15) is 40.3 Å². The Hall–Kier alpha value is -2.12. The lowest BCUT2D eigenvalue weighted by Gasteiger charge is -2.36. The summed E-state index contributed by atoms with van der Waals surface area (Å²) in [4.78, 5) is 11.9. The third kappa shape index (κ3) is 4.12. The first-order chi connectivity index (χ1) is 13.5. The van der Waals surface area contributed by atoms with Gasteiger partial charge in [0.25, 0.3) is 0 Å². The van der Waals surface area contributed by atoms with E-state index in [1.807, 2.05) is 58.0 Å². The standard InChI is InChI=1S/C22H32N4O2S/c1-15(2)29(6,27)22(4,5)19-13-20(26-11-12-28-14-16(26)3)25-21(24-19)17-7-9-18(23)10-8-17/h7-10,13,15-16H,6,11-12,14,23H2,1-5H3/t16-,29?/m0/s1. The molecule has 158 valence electrons. The van der Waals surface area contributed by atoms with Crippen molar-refractivity contribution in [1.82, 2.24) is 9.97 Å². The van der Waals surface area contributed by atoms with Gasteiger partial charge < -0.3 is 15.4 Å². The van der Waals surface area contributed by atoms with E-state index in [1.54, 1.807) is 0 Å². The van der Waals surface area contributed by atoms with Crippen molar-refractivity contribution in [2.75, 3.05) is 30.4 Å². The Morgan fingerprint density at radius 1 is 1.28 bits per heavy atom. The van der Waals surface area contributed by atoms with E-state index < -0.39 is 14.3 Å². The second kappa shape index (κ2) is 7.95. The molecule has 0 radical (unpaired) electrons. The Kier molecular flexibility index (Phi) is 5.92. The number of nitrogens with two attached hydrogens (primary N) is 1. The summed E-state index contributed by atoms with van der Waals surface area (Å²) in [5, 5.41) is -0.0711. The predicted octanol–water partition coefficient (Wildman–Crippen LogP) is 3.31. The lowest BCUT2D eigenvalue weighted by Crippen LogP contribution is -2.44. The molecule has 1 unspecified atom stereocenters. The number of morpholine rings is 1. The van der Waals surface area contributed by atoms with E-state index in [0.717, 1.165) is 23.6 Å². The van der Waals surface area contributed by atoms with Gasteiger partial charge in [-0.1, -0.05) is 13.8 Å². The summed E-state index contributed by atoms with van der Waals surface area (Å²) in [6.45, 7) is 12.0. The molecule has 29 heavy (non-hydrogen) atoms. The van der Waals surface area contributed by atoms with E-state index in [-0.39, 0.29) is 11.3 Å². The molecule has 7 heteroatoms. The normalized spacial score (nSPS) is 19.9. The second-order valence-corrected chi connectivity index (χ2v) is 11.9. The van der Waals surface area contributed by atoms with Gasteiger partial charge in [-0.05, 0) is 60.4 Å². The largest absolute Gasteiger partial charge is 0.399 e. The molecule has 6 nitrogen and oxygen atoms in total. The van der Waals surface area contributed by atoms with Gasteiger partial charge in [-0.2, -0.15) is 0 Å². The van der Waals surface area contributed by atoms with Crippen molar-refractivity contribution in [3.63, 3.8) is 0 Å². The van der Waals surface area contributed by atoms with Crippen molar-refractivity contribution < 1.29 is 8.95 Å². The minimum Gasteiger partial charge on any atom is -0.399 e. The van der Waals surface area contributed by atoms with Gasteiger partial charge in [0.05, 0.1) is 29.7 Å². The van der Waals surface area contributed by atoms with Crippen LogP contribution in [-0.2, 0) is 19.0 Å². The molecule has 3 rings (SSSR count). The fourth-order valence-corrected chi connectivity index (χ4v) is 5.12. The Morgan fingerprint density at radius 3 is 2.52 bits per heavy atom. The zero-order valence-corrected chi connectivity index (χ0v) is 18.8. The summed E-state index contributed by atoms with van der Waals surface area (Å²) in [5.74, 6) is 5.53. The van der Waals surface area contributed by atoms with Gasteiger partial charge in [0.15, 0.2) is 5.82 Å². The molecule has 0 spiro atoms. The lowest BCUT2D eigenvalue weighted by molar-refractivity contribution is 0.0985. The first kappa shape index (κ1) is 21.6. The van der Waals surface area contributed by atoms with Crippen molar-refractivity contribution in [3.05, 3.63) is 36.0 Å². The molecule has 2 N–H and O–H groups in total. The predicted molar refractivity (Wildman–Crippen MR) is 123 cm³/mol. The quantitative estimate of drug-likeness (QED) is 0.595. The summed E-state index contributed by atoms with van der Waals surface area (Å²) >= 11 is 0. The summed E-state index contributed by atoms with van der Waals surface area (Å²) in [6, 6.07) is 9.67. The van der Waals surface area contributed by atoms with Crippen LogP contribution in [0.3, 0.4) is 0 Å². The highest BCUT2D eigenvalue weighted by atomic mass is 32.2. The summed E-state index contributed by atoms with van der Waals surface area (Å²) in [5.41, 5.74) is 8.15. The Bertz CT molecular complexity index is 969. The van der Waals surface area contributed by atoms with Crippen molar-refractivity contribution in [2.24, 2.45) is 0 Å². The van der Waals surface area contributed by atoms with E-state index in [4.69, 9.17) is 20.4 Å². The highest BCUT2D eigenvalue weighted by Crippen LogP contribution is 2.35. The minimum atomic E-state index is -2.45. The molecule has 1 aromatic heterocycles. The van der Waals surface area contributed by atoms with Crippen LogP contribution in [0.15, 0.2) is 30.3 Å². The van der Waals surface area contributed by atoms with Gasteiger partial charge >= 0.3 is 0 Å². The summed E-state index contributed by atoms with van der Waals surface area (Å²) < 4.78 is 18.4. The van der Waals surface area contributed by atoms with E-state index in [0.29, 0.717) is 24.7 Å². The second-order valence-electron chi connectivity index (χ2n) is 8.46. The van der Waals surface area contributed by atoms with E-state index >= 15 is 0 Å². The fraction of sp³-hybridized carbons (Fsp3) is 0.500. The van der Waals surface area contributed by atoms with Gasteiger partial charge in [0.2, 0.25) is 0 Å². The summed E-state index contributed by atoms with van der Waals surface area (Å²) in [6.07, 6.45) is 0. The maximum absolute atomic E-state index is 13.5. The smallest absolute Gasteiger partial charge is 0.161 e. The first-order valence-corrected chi connectivity index (χ1v) is 11.8. The van der Waals surface area contributed by atoms with Crippen LogP contribution < -0.4 is 10.6 Å². The van der Waals surface area contributed by atoms with Gasteiger partial charge in [0.1, 0.15) is 5.82 Å². The van der Waals surface area contributed by atoms with Crippen molar-refractivity contribution in [1.29, 1.82) is 0 Å². The molecule has 1 aromatic carbocycles. The molecule has 1 fully saturated rings. The lowest BCUT2D eigenvalue weighted by atomic mass is 10.1. The molecular weight excluding hydrogens is 384 g/mol. The summed E-state index contributed by atoms with van der Waals surface area (Å²) in [7, 11) is -2.45. The van der Waals surface area contributed by atoms with Crippen LogP contribution in [0.25, 0.3) is 11.4 Å². The number of benzene rings is 1. The third-order valence-electron chi connectivity index (χ3n) is 5.79. The number of hydrogen-bond donors (Lipinski definition) is 1. The maximum Gasteiger partial charge on any atom is 0.161 e. The average Bonchev–Trinajstić information content (AvgIpc) is 2.68. The van der Waals surface area contributed by atoms with Crippen molar-refractivity contribution in [2.45, 2.75) is 50.7 Å². The van der Waals surface area contributed by atoms with E-state index in [9.17, 15) is 4.21 Å². The topological polar surface area (TPSA) is 81.3 Å². The highest BCUT2D eigenvalue weighted by Gasteiger charge is 2.36. The number of aromatic nitrogens is 2. The van der Waals surface area contributed by atoms with Gasteiger partial charge in [0, 0.05) is 29.1 Å². The molecule has 2 aromatic rings. The Balaban J connectivity index is 2.19. The molecule has 0 saturated carbocycles. The van der Waals surface area contributed by atoms with Crippen LogP contribution in [0.5, 0.6) is 0 Å². The van der Waals surface area contributed by atoms with E-state index in [1.165, 1.54) is 0 Å². The fourth-order valence-electron chi connectivity index (χ4n) is 3.49. The van der Waals surface area contributed by atoms with Crippen molar-refractivity contribution >= 4 is 26.9 Å². The van der Waals surface area contributed by atoms with Gasteiger partial charge in [-0.15, -0.1) is 0 Å². The molecule has 2 atom stereocenters. The van der Waals surface area contributed by atoms with Crippen LogP contribution >= 0.6 is 0 Å². The van der Waals surface area contributed by atoms with Gasteiger partial charge in [-0.25, -0.2) is 9.97 Å². The SMILES string of the molecule is C=S(=O)(C(C)C)C(C)(C)c1cc(N2CCOC[C@@H]2C)nc(-c2ccc(N)cc2)n1. The Labute approximate surface area is 174 Å². The number of nitrogen functional groups attached to an aromatic ring is 1.